The lowest BCUT2D eigenvalue weighted by Crippen LogP contribution is -2.18. The fourth-order valence-corrected chi connectivity index (χ4v) is 3.78. The first-order valence-electron chi connectivity index (χ1n) is 8.61. The van der Waals surface area contributed by atoms with Gasteiger partial charge in [-0.1, -0.05) is 0 Å². The fraction of sp³-hybridized carbons (Fsp3) is 0.118. The maximum Gasteiger partial charge on any atom is 0.322 e. The lowest BCUT2D eigenvalue weighted by Gasteiger charge is -2.18. The largest absolute Gasteiger partial charge is 0.324 e. The van der Waals surface area contributed by atoms with Gasteiger partial charge in [0.1, 0.15) is 16.0 Å². The molecule has 0 spiro atoms. The third-order valence-electron chi connectivity index (χ3n) is 4.89. The zero-order valence-electron chi connectivity index (χ0n) is 15.2. The van der Waals surface area contributed by atoms with Crippen molar-refractivity contribution in [3.8, 4) is 11.3 Å². The van der Waals surface area contributed by atoms with Crippen LogP contribution in [0.1, 0.15) is 12.6 Å². The van der Waals surface area contributed by atoms with Crippen molar-refractivity contribution in [1.29, 1.82) is 0 Å². The van der Waals surface area contributed by atoms with Crippen molar-refractivity contribution in [2.45, 2.75) is 6.92 Å². The maximum atomic E-state index is 11.9. The molecule has 2 N–H and O–H groups in total. The number of carbonyl (C=O) groups is 1. The number of carbonyl (C=O) groups excluding carboxylic acids is 1. The van der Waals surface area contributed by atoms with Crippen molar-refractivity contribution in [1.82, 2.24) is 29.7 Å². The van der Waals surface area contributed by atoms with Crippen LogP contribution in [-0.4, -0.2) is 53.2 Å². The summed E-state index contributed by atoms with van der Waals surface area (Å²) in [5, 5.41) is 21.2. The summed E-state index contributed by atoms with van der Waals surface area (Å²) in [6, 6.07) is 0. The molecule has 0 aliphatic carbocycles. The Morgan fingerprint density at radius 3 is 2.90 bits per heavy atom. The van der Waals surface area contributed by atoms with Gasteiger partial charge in [-0.25, -0.2) is 14.5 Å². The highest BCUT2D eigenvalue weighted by Crippen LogP contribution is 2.36. The third-order valence-corrected chi connectivity index (χ3v) is 5.60. The van der Waals surface area contributed by atoms with Gasteiger partial charge in [0.05, 0.1) is 11.5 Å². The van der Waals surface area contributed by atoms with Crippen molar-refractivity contribution in [2.24, 2.45) is 4.99 Å². The SMILES string of the molecule is CC1=C2N=CC(c3n[nH]c(-c4cnc5c(Br)c(=O)[nH]n5c4)c3[N+](=O)[O-])=CN2CC1=O. The maximum absolute atomic E-state index is 11.9. The van der Waals surface area contributed by atoms with Crippen LogP contribution in [0.5, 0.6) is 0 Å². The van der Waals surface area contributed by atoms with E-state index in [1.165, 1.54) is 23.1 Å². The Morgan fingerprint density at radius 2 is 2.13 bits per heavy atom. The van der Waals surface area contributed by atoms with Gasteiger partial charge in [-0.15, -0.1) is 0 Å². The first-order chi connectivity index (χ1) is 14.3. The van der Waals surface area contributed by atoms with Crippen LogP contribution in [0.25, 0.3) is 22.5 Å². The normalized spacial score (nSPS) is 15.9. The minimum atomic E-state index is -0.549. The molecule has 0 fully saturated rings. The molecule has 0 atom stereocenters. The molecule has 0 saturated carbocycles. The van der Waals surface area contributed by atoms with Gasteiger partial charge < -0.3 is 4.90 Å². The van der Waals surface area contributed by atoms with Crippen molar-refractivity contribution in [3.05, 3.63) is 60.6 Å². The van der Waals surface area contributed by atoms with E-state index in [1.54, 1.807) is 18.0 Å². The summed E-state index contributed by atoms with van der Waals surface area (Å²) in [6.07, 6.45) is 5.98. The number of nitro groups is 1. The topological polar surface area (TPSA) is 155 Å². The molecule has 0 bridgehead atoms. The summed E-state index contributed by atoms with van der Waals surface area (Å²) < 4.78 is 1.62. The monoisotopic (exact) mass is 470 g/mol. The second kappa shape index (κ2) is 6.32. The molecule has 0 aromatic carbocycles. The zero-order chi connectivity index (χ0) is 21.2. The van der Waals surface area contributed by atoms with E-state index in [2.05, 4.69) is 41.2 Å². The molecule has 0 saturated heterocycles. The number of aromatic amines is 2. The van der Waals surface area contributed by atoms with E-state index in [1.807, 2.05) is 0 Å². The second-order valence-corrected chi connectivity index (χ2v) is 7.48. The number of fused-ring (bicyclic) bond motifs is 2. The van der Waals surface area contributed by atoms with Gasteiger partial charge >= 0.3 is 5.69 Å². The molecule has 2 aliphatic heterocycles. The first kappa shape index (κ1) is 18.2. The van der Waals surface area contributed by atoms with Gasteiger partial charge in [-0.2, -0.15) is 5.10 Å². The molecule has 0 amide bonds. The summed E-state index contributed by atoms with van der Waals surface area (Å²) in [4.78, 5) is 45.1. The zero-order valence-corrected chi connectivity index (χ0v) is 16.8. The number of nitrogens with one attached hydrogen (secondary N) is 2. The van der Waals surface area contributed by atoms with Gasteiger partial charge in [0.2, 0.25) is 0 Å². The van der Waals surface area contributed by atoms with Crippen LogP contribution in [0.15, 0.2) is 44.2 Å². The molecule has 0 radical (unpaired) electrons. The lowest BCUT2D eigenvalue weighted by molar-refractivity contribution is -0.384. The number of H-pyrrole nitrogens is 2. The van der Waals surface area contributed by atoms with Crippen LogP contribution < -0.4 is 5.56 Å². The highest BCUT2D eigenvalue weighted by molar-refractivity contribution is 9.10. The fourth-order valence-electron chi connectivity index (χ4n) is 3.40. The van der Waals surface area contributed by atoms with Gasteiger partial charge in [0.15, 0.2) is 17.1 Å². The van der Waals surface area contributed by atoms with Gasteiger partial charge in [-0.05, 0) is 22.9 Å². The Hall–Kier alpha value is -3.87. The van der Waals surface area contributed by atoms with E-state index in [-0.39, 0.29) is 39.4 Å². The molecular formula is C17H11BrN8O4. The predicted octanol–water partition coefficient (Wildman–Crippen LogP) is 1.62. The van der Waals surface area contributed by atoms with Crippen LogP contribution in [0.2, 0.25) is 0 Å². The molecule has 5 heterocycles. The average Bonchev–Trinajstić information content (AvgIpc) is 3.36. The number of Topliss-reactive ketones (excluding diaryl/α,β-unsaturated/α-hetero) is 1. The Kier molecular flexibility index (Phi) is 3.83. The number of ketones is 1. The minimum absolute atomic E-state index is 0.0527. The Balaban J connectivity index is 1.62. The molecule has 3 aromatic rings. The van der Waals surface area contributed by atoms with E-state index in [0.29, 0.717) is 28.2 Å². The molecule has 0 unspecified atom stereocenters. The Bertz CT molecular complexity index is 1420. The number of nitrogens with zero attached hydrogens (tertiary/aromatic N) is 6. The van der Waals surface area contributed by atoms with E-state index in [4.69, 9.17) is 0 Å². The van der Waals surface area contributed by atoms with Crippen molar-refractivity contribution in [3.63, 3.8) is 0 Å². The Labute approximate surface area is 174 Å². The van der Waals surface area contributed by atoms with E-state index < -0.39 is 4.92 Å². The summed E-state index contributed by atoms with van der Waals surface area (Å²) in [7, 11) is 0. The summed E-state index contributed by atoms with van der Waals surface area (Å²) >= 11 is 3.15. The number of allylic oxidation sites excluding steroid dienone is 1. The number of aliphatic imine (C=N–C) groups is 1. The predicted molar refractivity (Wildman–Crippen MR) is 109 cm³/mol. The second-order valence-electron chi connectivity index (χ2n) is 6.69. The van der Waals surface area contributed by atoms with Gasteiger partial charge in [-0.3, -0.25) is 29.9 Å². The van der Waals surface area contributed by atoms with Crippen LogP contribution in [0.4, 0.5) is 5.69 Å². The Morgan fingerprint density at radius 1 is 1.33 bits per heavy atom. The van der Waals surface area contributed by atoms with Crippen molar-refractivity contribution in [2.75, 3.05) is 6.54 Å². The average molecular weight is 471 g/mol. The molecule has 5 rings (SSSR count). The number of hydrogen-bond acceptors (Lipinski definition) is 8. The van der Waals surface area contributed by atoms with E-state index >= 15 is 0 Å². The molecule has 2 aliphatic rings. The van der Waals surface area contributed by atoms with Crippen LogP contribution in [-0.2, 0) is 4.79 Å². The minimum Gasteiger partial charge on any atom is -0.324 e. The quantitative estimate of drug-likeness (QED) is 0.435. The number of rotatable bonds is 3. The molecule has 13 heteroatoms. The van der Waals surface area contributed by atoms with Crippen LogP contribution in [0, 0.1) is 10.1 Å². The summed E-state index contributed by atoms with van der Waals surface area (Å²) in [5.74, 6) is 0.474. The van der Waals surface area contributed by atoms with Gasteiger partial charge in [0.25, 0.3) is 5.56 Å². The smallest absolute Gasteiger partial charge is 0.322 e. The standard InChI is InChI=1S/C17H11BrN8O4/c1-7-10(27)6-24-4-8(2-19-15(7)24)12-14(26(29)30)13(22-21-12)9-3-20-16-11(18)17(28)23-25(16)5-9/h2-5H,6H2,1H3,(H,21,22)(H,23,28). The molecule has 150 valence electrons. The third kappa shape index (κ3) is 2.55. The summed E-state index contributed by atoms with van der Waals surface area (Å²) in [6.45, 7) is 1.82. The molecule has 12 nitrogen and oxygen atoms in total. The van der Waals surface area contributed by atoms with Crippen molar-refractivity contribution < 1.29 is 9.72 Å². The van der Waals surface area contributed by atoms with Crippen LogP contribution >= 0.6 is 15.9 Å². The number of hydrogen-bond donors (Lipinski definition) is 2. The first-order valence-corrected chi connectivity index (χ1v) is 9.40. The van der Waals surface area contributed by atoms with Gasteiger partial charge in [0, 0.05) is 41.5 Å². The van der Waals surface area contributed by atoms with Crippen molar-refractivity contribution >= 4 is 44.8 Å². The molecule has 30 heavy (non-hydrogen) atoms. The van der Waals surface area contributed by atoms with E-state index in [9.17, 15) is 19.7 Å². The molecular weight excluding hydrogens is 460 g/mol. The highest BCUT2D eigenvalue weighted by Gasteiger charge is 2.32. The van der Waals surface area contributed by atoms with E-state index in [0.717, 1.165) is 0 Å². The summed E-state index contributed by atoms with van der Waals surface area (Å²) in [5.41, 5.74) is 1.21. The van der Waals surface area contributed by atoms with Crippen LogP contribution in [0.3, 0.4) is 0 Å². The number of aromatic nitrogens is 5. The number of halogens is 1. The molecule has 3 aromatic heterocycles. The lowest BCUT2D eigenvalue weighted by atomic mass is 10.1. The highest BCUT2D eigenvalue weighted by atomic mass is 79.9.